The van der Waals surface area contributed by atoms with Crippen LogP contribution in [0.5, 0.6) is 0 Å². The second kappa shape index (κ2) is 8.65. The fraction of sp³-hybridized carbons (Fsp3) is 0.333. The van der Waals surface area contributed by atoms with Gasteiger partial charge >= 0.3 is 0 Å². The van der Waals surface area contributed by atoms with Gasteiger partial charge in [-0.05, 0) is 37.6 Å². The fourth-order valence-corrected chi connectivity index (χ4v) is 4.41. The van der Waals surface area contributed by atoms with E-state index in [-0.39, 0.29) is 0 Å². The quantitative estimate of drug-likeness (QED) is 0.578. The molecule has 0 atom stereocenters. The Hall–Kier alpha value is -3.22. The second-order valence-electron chi connectivity index (χ2n) is 7.17. The monoisotopic (exact) mass is 420 g/mol. The predicted octanol–water partition coefficient (Wildman–Crippen LogP) is 3.28. The van der Waals surface area contributed by atoms with E-state index in [0.717, 1.165) is 47.6 Å². The van der Waals surface area contributed by atoms with E-state index in [4.69, 9.17) is 0 Å². The van der Waals surface area contributed by atoms with Gasteiger partial charge in [0.1, 0.15) is 11.8 Å². The predicted molar refractivity (Wildman–Crippen MR) is 122 cm³/mol. The molecule has 1 fully saturated rings. The lowest BCUT2D eigenvalue weighted by atomic mass is 10.1. The Morgan fingerprint density at radius 1 is 1.17 bits per heavy atom. The summed E-state index contributed by atoms with van der Waals surface area (Å²) in [6.45, 7) is 7.95. The van der Waals surface area contributed by atoms with Gasteiger partial charge in [-0.1, -0.05) is 11.3 Å². The minimum atomic E-state index is 0.431. The van der Waals surface area contributed by atoms with Gasteiger partial charge in [-0.15, -0.1) is 0 Å². The number of nitrogens with one attached hydrogen (secondary N) is 3. The lowest BCUT2D eigenvalue weighted by Gasteiger charge is -2.30. The number of piperazine rings is 1. The molecule has 9 heteroatoms. The van der Waals surface area contributed by atoms with Crippen molar-refractivity contribution in [2.75, 3.05) is 48.8 Å². The average molecular weight is 421 g/mol. The Kier molecular flexibility index (Phi) is 5.79. The van der Waals surface area contributed by atoms with Gasteiger partial charge in [0, 0.05) is 44.6 Å². The van der Waals surface area contributed by atoms with Crippen LogP contribution >= 0.6 is 11.3 Å². The van der Waals surface area contributed by atoms with E-state index in [1.54, 1.807) is 6.20 Å². The van der Waals surface area contributed by atoms with E-state index in [1.807, 2.05) is 14.0 Å². The number of hydrogen-bond donors (Lipinski definition) is 3. The minimum absolute atomic E-state index is 0.431. The first-order valence-electron chi connectivity index (χ1n) is 9.84. The van der Waals surface area contributed by atoms with Gasteiger partial charge in [0.05, 0.1) is 22.3 Å². The summed E-state index contributed by atoms with van der Waals surface area (Å²) in [7, 11) is 1.83. The number of aromatic nitrogens is 3. The van der Waals surface area contributed by atoms with Crippen LogP contribution in [0.25, 0.3) is 10.6 Å². The summed E-state index contributed by atoms with van der Waals surface area (Å²) in [6.07, 6.45) is 1.57. The van der Waals surface area contributed by atoms with E-state index >= 15 is 0 Å². The first-order chi connectivity index (χ1) is 14.6. The highest BCUT2D eigenvalue weighted by Crippen LogP contribution is 2.34. The van der Waals surface area contributed by atoms with Crippen LogP contribution in [-0.4, -0.2) is 48.2 Å². The highest BCUT2D eigenvalue weighted by Gasteiger charge is 2.17. The summed E-state index contributed by atoms with van der Waals surface area (Å²) < 4.78 is 0. The molecule has 2 aromatic heterocycles. The molecule has 1 aliphatic heterocycles. The molecule has 3 N–H and O–H groups in total. The number of aryl methyl sites for hydroxylation is 2. The SMILES string of the molecule is CNc1nc(C)c(-c2nc(Nc3cc(C)cc(N4CCNCC4)c3)ncc2C#N)s1. The first kappa shape index (κ1) is 20.1. The molecule has 1 aromatic carbocycles. The highest BCUT2D eigenvalue weighted by atomic mass is 32.1. The van der Waals surface area contributed by atoms with Crippen LogP contribution in [0.3, 0.4) is 0 Å². The fourth-order valence-electron chi connectivity index (χ4n) is 3.49. The molecule has 0 saturated carbocycles. The molecule has 154 valence electrons. The number of rotatable bonds is 5. The molecular formula is C21H24N8S. The van der Waals surface area contributed by atoms with Crippen molar-refractivity contribution in [1.82, 2.24) is 20.3 Å². The van der Waals surface area contributed by atoms with Gasteiger partial charge < -0.3 is 20.9 Å². The number of benzene rings is 1. The number of nitrogens with zero attached hydrogens (tertiary/aromatic N) is 5. The molecule has 0 spiro atoms. The van der Waals surface area contributed by atoms with Crippen LogP contribution in [0.1, 0.15) is 16.8 Å². The molecule has 0 unspecified atom stereocenters. The van der Waals surface area contributed by atoms with Gasteiger partial charge in [-0.25, -0.2) is 15.0 Å². The summed E-state index contributed by atoms with van der Waals surface area (Å²) in [5.74, 6) is 0.458. The topological polar surface area (TPSA) is 102 Å². The highest BCUT2D eigenvalue weighted by molar-refractivity contribution is 7.19. The summed E-state index contributed by atoms with van der Waals surface area (Å²) >= 11 is 1.48. The van der Waals surface area contributed by atoms with Crippen molar-refractivity contribution in [2.45, 2.75) is 13.8 Å². The molecule has 8 nitrogen and oxygen atoms in total. The zero-order chi connectivity index (χ0) is 21.1. The number of anilines is 4. The van der Waals surface area contributed by atoms with Crippen molar-refractivity contribution in [3.05, 3.63) is 41.2 Å². The molecule has 4 rings (SSSR count). The maximum Gasteiger partial charge on any atom is 0.227 e. The molecule has 1 saturated heterocycles. The van der Waals surface area contributed by atoms with E-state index in [9.17, 15) is 5.26 Å². The third kappa shape index (κ3) is 4.20. The third-order valence-electron chi connectivity index (χ3n) is 4.94. The zero-order valence-corrected chi connectivity index (χ0v) is 18.1. The van der Waals surface area contributed by atoms with Crippen molar-refractivity contribution in [1.29, 1.82) is 5.26 Å². The molecule has 30 heavy (non-hydrogen) atoms. The Morgan fingerprint density at radius 3 is 2.67 bits per heavy atom. The number of hydrogen-bond acceptors (Lipinski definition) is 9. The third-order valence-corrected chi connectivity index (χ3v) is 6.12. The van der Waals surface area contributed by atoms with Crippen molar-refractivity contribution in [2.24, 2.45) is 0 Å². The van der Waals surface area contributed by atoms with Crippen molar-refractivity contribution in [3.8, 4) is 16.6 Å². The molecule has 0 bridgehead atoms. The molecular weight excluding hydrogens is 396 g/mol. The van der Waals surface area contributed by atoms with E-state index in [0.29, 0.717) is 17.2 Å². The lowest BCUT2D eigenvalue weighted by molar-refractivity contribution is 0.589. The summed E-state index contributed by atoms with van der Waals surface area (Å²) in [6, 6.07) is 8.58. The van der Waals surface area contributed by atoms with Crippen LogP contribution in [-0.2, 0) is 0 Å². The van der Waals surface area contributed by atoms with Crippen molar-refractivity contribution in [3.63, 3.8) is 0 Å². The molecule has 0 amide bonds. The summed E-state index contributed by atoms with van der Waals surface area (Å²) in [5.41, 5.74) is 5.14. The Labute approximate surface area is 180 Å². The molecule has 3 heterocycles. The lowest BCUT2D eigenvalue weighted by Crippen LogP contribution is -2.43. The Balaban J connectivity index is 1.66. The van der Waals surface area contributed by atoms with Gasteiger partial charge in [-0.2, -0.15) is 5.26 Å². The Bertz CT molecular complexity index is 1090. The van der Waals surface area contributed by atoms with E-state index < -0.39 is 0 Å². The van der Waals surface area contributed by atoms with Gasteiger partial charge in [0.15, 0.2) is 5.13 Å². The summed E-state index contributed by atoms with van der Waals surface area (Å²) in [5, 5.41) is 20.1. The maximum absolute atomic E-state index is 9.54. The van der Waals surface area contributed by atoms with Gasteiger partial charge in [-0.3, -0.25) is 0 Å². The molecule has 0 aliphatic carbocycles. The molecule has 1 aliphatic rings. The van der Waals surface area contributed by atoms with Crippen molar-refractivity contribution < 1.29 is 0 Å². The van der Waals surface area contributed by atoms with Crippen LogP contribution in [0.2, 0.25) is 0 Å². The summed E-state index contributed by atoms with van der Waals surface area (Å²) in [4.78, 5) is 16.7. The zero-order valence-electron chi connectivity index (χ0n) is 17.3. The normalized spacial score (nSPS) is 13.7. The smallest absolute Gasteiger partial charge is 0.227 e. The molecule has 0 radical (unpaired) electrons. The average Bonchev–Trinajstić information content (AvgIpc) is 3.14. The second-order valence-corrected chi connectivity index (χ2v) is 8.17. The standard InChI is InChI=1S/C21H24N8S/c1-13-8-16(10-17(9-13)29-6-4-24-5-7-29)27-20-25-12-15(11-22)18(28-20)19-14(2)26-21(23-3)30-19/h8-10,12,24H,4-7H2,1-3H3,(H,23,26)(H,25,27,28). The van der Waals surface area contributed by atoms with E-state index in [2.05, 4.69) is 67.0 Å². The van der Waals surface area contributed by atoms with Gasteiger partial charge in [0.2, 0.25) is 5.95 Å². The van der Waals surface area contributed by atoms with Crippen LogP contribution in [0.4, 0.5) is 22.5 Å². The van der Waals surface area contributed by atoms with Crippen LogP contribution < -0.4 is 20.9 Å². The number of nitriles is 1. The van der Waals surface area contributed by atoms with Crippen molar-refractivity contribution >= 4 is 33.8 Å². The largest absolute Gasteiger partial charge is 0.369 e. The first-order valence-corrected chi connectivity index (χ1v) is 10.7. The molecule has 3 aromatic rings. The van der Waals surface area contributed by atoms with E-state index in [1.165, 1.54) is 22.6 Å². The van der Waals surface area contributed by atoms with Crippen LogP contribution in [0.15, 0.2) is 24.4 Å². The minimum Gasteiger partial charge on any atom is -0.369 e. The maximum atomic E-state index is 9.54. The van der Waals surface area contributed by atoms with Crippen LogP contribution in [0, 0.1) is 25.2 Å². The van der Waals surface area contributed by atoms with Gasteiger partial charge in [0.25, 0.3) is 0 Å². The Morgan fingerprint density at radius 2 is 1.97 bits per heavy atom. The number of thiazole rings is 1.